The van der Waals surface area contributed by atoms with E-state index < -0.39 is 0 Å². The van der Waals surface area contributed by atoms with Crippen molar-refractivity contribution in [1.29, 1.82) is 5.26 Å². The first-order valence-electron chi connectivity index (χ1n) is 5.77. The number of nitrogens with zero attached hydrogens (tertiary/aromatic N) is 2. The molecule has 0 spiro atoms. The second-order valence-electron chi connectivity index (χ2n) is 3.71. The van der Waals surface area contributed by atoms with E-state index in [1.165, 1.54) is 11.3 Å². The van der Waals surface area contributed by atoms with Gasteiger partial charge in [0.25, 0.3) is 5.91 Å². The average molecular weight is 285 g/mol. The summed E-state index contributed by atoms with van der Waals surface area (Å²) in [4.78, 5) is 12.5. The van der Waals surface area contributed by atoms with Crippen molar-refractivity contribution >= 4 is 23.5 Å². The van der Waals surface area contributed by atoms with Crippen molar-refractivity contribution in [2.24, 2.45) is 5.10 Å². The number of nitriles is 1. The lowest BCUT2D eigenvalue weighted by Gasteiger charge is -2.05. The highest BCUT2D eigenvalue weighted by atomic mass is 32.1. The van der Waals surface area contributed by atoms with E-state index >= 15 is 0 Å². The van der Waals surface area contributed by atoms with Crippen LogP contribution in [0.15, 0.2) is 46.9 Å². The van der Waals surface area contributed by atoms with E-state index in [1.54, 1.807) is 30.5 Å². The van der Waals surface area contributed by atoms with Crippen LogP contribution in [0.1, 0.15) is 10.4 Å². The van der Waals surface area contributed by atoms with Crippen LogP contribution in [0.5, 0.6) is 5.75 Å². The lowest BCUT2D eigenvalue weighted by molar-refractivity contribution is -0.123. The number of benzene rings is 1. The van der Waals surface area contributed by atoms with Crippen molar-refractivity contribution in [2.45, 2.75) is 0 Å². The zero-order valence-corrected chi connectivity index (χ0v) is 11.3. The van der Waals surface area contributed by atoms with Gasteiger partial charge in [-0.3, -0.25) is 4.79 Å². The topological polar surface area (TPSA) is 74.5 Å². The molecule has 0 saturated carbocycles. The maximum absolute atomic E-state index is 11.5. The molecule has 0 aliphatic rings. The van der Waals surface area contributed by atoms with Crippen LogP contribution in [0.4, 0.5) is 0 Å². The summed E-state index contributed by atoms with van der Waals surface area (Å²) < 4.78 is 5.27. The molecule has 6 heteroatoms. The number of carbonyl (C=O) groups is 1. The van der Waals surface area contributed by atoms with E-state index in [9.17, 15) is 4.79 Å². The number of para-hydroxylation sites is 1. The molecule has 0 atom stereocenters. The fourth-order valence-corrected chi connectivity index (χ4v) is 1.98. The SMILES string of the molecule is N#Cc1ccccc1OCC(=O)N/N=C\c1cccs1. The molecule has 1 N–H and O–H groups in total. The molecule has 1 amide bonds. The minimum atomic E-state index is -0.384. The highest BCUT2D eigenvalue weighted by Crippen LogP contribution is 2.16. The minimum Gasteiger partial charge on any atom is -0.482 e. The Bertz CT molecular complexity index is 645. The maximum atomic E-state index is 11.5. The average Bonchev–Trinajstić information content (AvgIpc) is 2.98. The molecular formula is C14H11N3O2S. The highest BCUT2D eigenvalue weighted by molar-refractivity contribution is 7.11. The van der Waals surface area contributed by atoms with E-state index in [4.69, 9.17) is 10.00 Å². The first-order chi connectivity index (χ1) is 9.79. The Labute approximate surface area is 120 Å². The maximum Gasteiger partial charge on any atom is 0.277 e. The van der Waals surface area contributed by atoms with Gasteiger partial charge in [0.15, 0.2) is 6.61 Å². The number of rotatable bonds is 5. The lowest BCUT2D eigenvalue weighted by atomic mass is 10.2. The van der Waals surface area contributed by atoms with Crippen LogP contribution in [0.3, 0.4) is 0 Å². The number of hydrogen-bond donors (Lipinski definition) is 1. The molecule has 0 bridgehead atoms. The quantitative estimate of drug-likeness (QED) is 0.675. The van der Waals surface area contributed by atoms with Crippen LogP contribution in [0.2, 0.25) is 0 Å². The molecule has 0 radical (unpaired) electrons. The van der Waals surface area contributed by atoms with E-state index in [1.807, 2.05) is 23.6 Å². The monoisotopic (exact) mass is 285 g/mol. The van der Waals surface area contributed by atoms with Gasteiger partial charge in [0.1, 0.15) is 11.8 Å². The predicted octanol–water partition coefficient (Wildman–Crippen LogP) is 2.15. The molecule has 0 unspecified atom stereocenters. The Morgan fingerprint density at radius 1 is 1.40 bits per heavy atom. The van der Waals surface area contributed by atoms with Crippen molar-refractivity contribution in [3.8, 4) is 11.8 Å². The second-order valence-corrected chi connectivity index (χ2v) is 4.68. The molecule has 100 valence electrons. The molecule has 5 nitrogen and oxygen atoms in total. The predicted molar refractivity (Wildman–Crippen MR) is 76.7 cm³/mol. The molecule has 2 aromatic rings. The summed E-state index contributed by atoms with van der Waals surface area (Å²) in [6, 6.07) is 12.5. The van der Waals surface area contributed by atoms with Crippen LogP contribution in [-0.4, -0.2) is 18.7 Å². The highest BCUT2D eigenvalue weighted by Gasteiger charge is 2.05. The van der Waals surface area contributed by atoms with Crippen molar-refractivity contribution in [2.75, 3.05) is 6.61 Å². The number of hydrogen-bond acceptors (Lipinski definition) is 5. The standard InChI is InChI=1S/C14H11N3O2S/c15-8-11-4-1-2-6-13(11)19-10-14(18)17-16-9-12-5-3-7-20-12/h1-7,9H,10H2,(H,17,18)/b16-9-. The van der Waals surface area contributed by atoms with Gasteiger partial charge in [-0.2, -0.15) is 10.4 Å². The largest absolute Gasteiger partial charge is 0.482 e. The first kappa shape index (κ1) is 13.8. The van der Waals surface area contributed by atoms with Gasteiger partial charge in [-0.05, 0) is 23.6 Å². The Kier molecular flexibility index (Phi) is 4.87. The third-order valence-electron chi connectivity index (χ3n) is 2.29. The Morgan fingerprint density at radius 2 is 2.25 bits per heavy atom. The Balaban J connectivity index is 1.82. The summed E-state index contributed by atoms with van der Waals surface area (Å²) in [5.74, 6) is -0.00191. The molecule has 2 rings (SSSR count). The number of thiophene rings is 1. The van der Waals surface area contributed by atoms with Gasteiger partial charge in [-0.25, -0.2) is 5.43 Å². The summed E-state index contributed by atoms with van der Waals surface area (Å²) in [6.45, 7) is -0.194. The summed E-state index contributed by atoms with van der Waals surface area (Å²) in [5, 5.41) is 14.6. The number of hydrazone groups is 1. The summed E-state index contributed by atoms with van der Waals surface area (Å²) in [7, 11) is 0. The van der Waals surface area contributed by atoms with Crippen molar-refractivity contribution < 1.29 is 9.53 Å². The van der Waals surface area contributed by atoms with Gasteiger partial charge in [0, 0.05) is 4.88 Å². The van der Waals surface area contributed by atoms with Crippen molar-refractivity contribution in [3.63, 3.8) is 0 Å². The van der Waals surface area contributed by atoms with E-state index in [-0.39, 0.29) is 12.5 Å². The van der Waals surface area contributed by atoms with Crippen LogP contribution in [-0.2, 0) is 4.79 Å². The number of nitrogens with one attached hydrogen (secondary N) is 1. The summed E-state index contributed by atoms with van der Waals surface area (Å²) in [5.41, 5.74) is 2.75. The van der Waals surface area contributed by atoms with E-state index in [0.717, 1.165) is 4.88 Å². The molecule has 1 aromatic heterocycles. The number of ether oxygens (including phenoxy) is 1. The minimum absolute atomic E-state index is 0.194. The molecule has 1 aromatic carbocycles. The molecule has 0 saturated heterocycles. The van der Waals surface area contributed by atoms with Crippen LogP contribution >= 0.6 is 11.3 Å². The normalized spacial score (nSPS) is 10.2. The van der Waals surface area contributed by atoms with Crippen LogP contribution in [0, 0.1) is 11.3 Å². The third-order valence-corrected chi connectivity index (χ3v) is 3.10. The van der Waals surface area contributed by atoms with Gasteiger partial charge < -0.3 is 4.74 Å². The van der Waals surface area contributed by atoms with Gasteiger partial charge >= 0.3 is 0 Å². The third kappa shape index (κ3) is 3.93. The second kappa shape index (κ2) is 7.07. The molecule has 0 aliphatic heterocycles. The molecule has 0 fully saturated rings. The van der Waals surface area contributed by atoms with Crippen LogP contribution in [0.25, 0.3) is 0 Å². The van der Waals surface area contributed by atoms with Gasteiger partial charge in [-0.1, -0.05) is 18.2 Å². The fourth-order valence-electron chi connectivity index (χ4n) is 1.39. The Hall–Kier alpha value is -2.65. The van der Waals surface area contributed by atoms with E-state index in [0.29, 0.717) is 11.3 Å². The first-order valence-corrected chi connectivity index (χ1v) is 6.65. The summed E-state index contributed by atoms with van der Waals surface area (Å²) >= 11 is 1.52. The fraction of sp³-hybridized carbons (Fsp3) is 0.0714. The summed E-state index contributed by atoms with van der Waals surface area (Å²) in [6.07, 6.45) is 1.56. The molecule has 1 heterocycles. The lowest BCUT2D eigenvalue weighted by Crippen LogP contribution is -2.24. The molecular weight excluding hydrogens is 274 g/mol. The van der Waals surface area contributed by atoms with Gasteiger partial charge in [-0.15, -0.1) is 11.3 Å². The zero-order valence-electron chi connectivity index (χ0n) is 10.4. The van der Waals surface area contributed by atoms with Crippen molar-refractivity contribution in [1.82, 2.24) is 5.43 Å². The number of carbonyl (C=O) groups excluding carboxylic acids is 1. The van der Waals surface area contributed by atoms with Crippen LogP contribution < -0.4 is 10.2 Å². The van der Waals surface area contributed by atoms with E-state index in [2.05, 4.69) is 10.5 Å². The van der Waals surface area contributed by atoms with Gasteiger partial charge in [0.05, 0.1) is 11.8 Å². The Morgan fingerprint density at radius 3 is 3.00 bits per heavy atom. The van der Waals surface area contributed by atoms with Crippen molar-refractivity contribution in [3.05, 3.63) is 52.2 Å². The molecule has 20 heavy (non-hydrogen) atoms. The smallest absolute Gasteiger partial charge is 0.277 e. The number of amides is 1. The van der Waals surface area contributed by atoms with Gasteiger partial charge in [0.2, 0.25) is 0 Å². The zero-order chi connectivity index (χ0) is 14.2. The molecule has 0 aliphatic carbocycles.